The van der Waals surface area contributed by atoms with Crippen LogP contribution >= 0.6 is 0 Å². The third kappa shape index (κ3) is 7.17. The summed E-state index contributed by atoms with van der Waals surface area (Å²) in [6.07, 6.45) is 0. The Kier molecular flexibility index (Phi) is 10.8. The standard InChI is InChI=1S/C71H49N/c1-5-22-52(23-6-1)61-33-15-16-34-63(61)69-62(54-24-7-2-8-25-54)37-20-40-67(69)72(58-48-46-51(47-49-58)50-42-44-55(45-43-50)60-36-19-27-53-26-13-14-32-59(53)60)68-41-21-39-66-70(68)64-35-17-18-38-65(64)71(66,56-28-9-3-10-29-56)57-30-11-4-12-31-57/h1-49H. The number of hydrogen-bond donors (Lipinski definition) is 0. The molecule has 13 rings (SSSR count). The first-order valence-electron chi connectivity index (χ1n) is 24.9. The molecule has 0 spiro atoms. The molecular formula is C71H49N. The van der Waals surface area contributed by atoms with Gasteiger partial charge >= 0.3 is 0 Å². The van der Waals surface area contributed by atoms with Gasteiger partial charge in [0.1, 0.15) is 0 Å². The number of rotatable bonds is 10. The highest BCUT2D eigenvalue weighted by Crippen LogP contribution is 2.60. The molecule has 0 atom stereocenters. The van der Waals surface area contributed by atoms with E-state index in [4.69, 9.17) is 0 Å². The van der Waals surface area contributed by atoms with Crippen molar-refractivity contribution in [3.63, 3.8) is 0 Å². The second-order valence-corrected chi connectivity index (χ2v) is 18.7. The van der Waals surface area contributed by atoms with Crippen molar-refractivity contribution in [1.29, 1.82) is 0 Å². The molecule has 0 heterocycles. The molecule has 0 aliphatic heterocycles. The van der Waals surface area contributed by atoms with E-state index in [2.05, 4.69) is 302 Å². The molecule has 0 unspecified atom stereocenters. The molecule has 0 saturated carbocycles. The average molecular weight is 916 g/mol. The van der Waals surface area contributed by atoms with Crippen LogP contribution < -0.4 is 4.90 Å². The lowest BCUT2D eigenvalue weighted by molar-refractivity contribution is 0.768. The summed E-state index contributed by atoms with van der Waals surface area (Å²) in [7, 11) is 0. The van der Waals surface area contributed by atoms with E-state index in [0.29, 0.717) is 0 Å². The Morgan fingerprint density at radius 3 is 1.32 bits per heavy atom. The zero-order chi connectivity index (χ0) is 47.8. The minimum atomic E-state index is -0.563. The molecule has 0 aromatic heterocycles. The van der Waals surface area contributed by atoms with E-state index in [-0.39, 0.29) is 0 Å². The third-order valence-electron chi connectivity index (χ3n) is 14.8. The van der Waals surface area contributed by atoms with E-state index < -0.39 is 5.41 Å². The van der Waals surface area contributed by atoms with Crippen LogP contribution in [0.5, 0.6) is 0 Å². The Hall–Kier alpha value is -9.30. The highest BCUT2D eigenvalue weighted by molar-refractivity contribution is 6.05. The second-order valence-electron chi connectivity index (χ2n) is 18.7. The van der Waals surface area contributed by atoms with Crippen LogP contribution in [0.3, 0.4) is 0 Å². The van der Waals surface area contributed by atoms with E-state index >= 15 is 0 Å². The fraction of sp³-hybridized carbons (Fsp3) is 0.0141. The Labute approximate surface area is 422 Å². The zero-order valence-electron chi connectivity index (χ0n) is 39.7. The maximum atomic E-state index is 2.54. The van der Waals surface area contributed by atoms with Gasteiger partial charge in [-0.1, -0.05) is 273 Å². The zero-order valence-corrected chi connectivity index (χ0v) is 39.7. The van der Waals surface area contributed by atoms with Crippen LogP contribution in [0.25, 0.3) is 77.5 Å². The summed E-state index contributed by atoms with van der Waals surface area (Å²) in [5, 5.41) is 2.51. The van der Waals surface area contributed by atoms with Gasteiger partial charge in [-0.25, -0.2) is 0 Å². The van der Waals surface area contributed by atoms with Gasteiger partial charge in [0.05, 0.1) is 16.8 Å². The van der Waals surface area contributed by atoms with E-state index in [1.54, 1.807) is 0 Å². The maximum absolute atomic E-state index is 2.54. The van der Waals surface area contributed by atoms with Gasteiger partial charge in [0.2, 0.25) is 0 Å². The molecule has 0 bridgehead atoms. The lowest BCUT2D eigenvalue weighted by atomic mass is 9.68. The van der Waals surface area contributed by atoms with Gasteiger partial charge in [-0.2, -0.15) is 0 Å². The second kappa shape index (κ2) is 18.2. The quantitative estimate of drug-likeness (QED) is 0.132. The Bertz CT molecular complexity index is 3830. The minimum Gasteiger partial charge on any atom is -0.309 e. The SMILES string of the molecule is c1ccc(-c2ccccc2-c2c(-c3ccccc3)cccc2N(c2ccc(-c3ccc(-c4cccc5ccccc45)cc3)cc2)c2cccc3c2-c2ccccc2C3(c2ccccc2)c2ccccc2)cc1. The van der Waals surface area contributed by atoms with Crippen LogP contribution in [-0.2, 0) is 5.41 Å². The molecule has 0 saturated heterocycles. The Balaban J connectivity index is 1.06. The molecule has 1 aliphatic rings. The molecule has 1 nitrogen and oxygen atoms in total. The number of nitrogens with zero attached hydrogens (tertiary/aromatic N) is 1. The van der Waals surface area contributed by atoms with Gasteiger partial charge in [0, 0.05) is 16.8 Å². The van der Waals surface area contributed by atoms with Gasteiger partial charge in [-0.05, 0) is 113 Å². The first-order chi connectivity index (χ1) is 35.8. The van der Waals surface area contributed by atoms with E-state index in [1.807, 2.05) is 0 Å². The lowest BCUT2D eigenvalue weighted by Gasteiger charge is -2.35. The molecule has 0 radical (unpaired) electrons. The summed E-state index contributed by atoms with van der Waals surface area (Å²) in [6.45, 7) is 0. The monoisotopic (exact) mass is 915 g/mol. The first-order valence-corrected chi connectivity index (χ1v) is 24.9. The van der Waals surface area contributed by atoms with Crippen LogP contribution in [0.1, 0.15) is 22.3 Å². The minimum absolute atomic E-state index is 0.563. The maximum Gasteiger partial charge on any atom is 0.0714 e. The highest BCUT2D eigenvalue weighted by Gasteiger charge is 2.47. The van der Waals surface area contributed by atoms with E-state index in [1.165, 1.54) is 83.1 Å². The average Bonchev–Trinajstić information content (AvgIpc) is 3.78. The molecule has 0 amide bonds. The van der Waals surface area contributed by atoms with Crippen LogP contribution in [-0.4, -0.2) is 0 Å². The molecule has 1 aliphatic carbocycles. The predicted molar refractivity (Wildman–Crippen MR) is 303 cm³/mol. The van der Waals surface area contributed by atoms with Gasteiger partial charge < -0.3 is 4.90 Å². The lowest BCUT2D eigenvalue weighted by Crippen LogP contribution is -2.28. The molecular weight excluding hydrogens is 867 g/mol. The summed E-state index contributed by atoms with van der Waals surface area (Å²) in [5.41, 5.74) is 22.0. The Morgan fingerprint density at radius 1 is 0.236 bits per heavy atom. The molecule has 0 fully saturated rings. The van der Waals surface area contributed by atoms with Crippen LogP contribution in [0.15, 0.2) is 297 Å². The van der Waals surface area contributed by atoms with E-state index in [0.717, 1.165) is 33.8 Å². The number of anilines is 3. The Morgan fingerprint density at radius 2 is 0.653 bits per heavy atom. The van der Waals surface area contributed by atoms with Gasteiger partial charge in [0.25, 0.3) is 0 Å². The molecule has 72 heavy (non-hydrogen) atoms. The summed E-state index contributed by atoms with van der Waals surface area (Å²) in [5.74, 6) is 0. The van der Waals surface area contributed by atoms with Crippen molar-refractivity contribution < 1.29 is 0 Å². The van der Waals surface area contributed by atoms with Crippen molar-refractivity contribution in [2.24, 2.45) is 0 Å². The van der Waals surface area contributed by atoms with Crippen molar-refractivity contribution >= 4 is 27.8 Å². The summed E-state index contributed by atoms with van der Waals surface area (Å²) < 4.78 is 0. The predicted octanol–water partition coefficient (Wildman–Crippen LogP) is 19.0. The molecule has 12 aromatic carbocycles. The normalized spacial score (nSPS) is 12.3. The fourth-order valence-electron chi connectivity index (χ4n) is 11.6. The van der Waals surface area contributed by atoms with Crippen LogP contribution in [0.2, 0.25) is 0 Å². The van der Waals surface area contributed by atoms with Crippen molar-refractivity contribution in [1.82, 2.24) is 0 Å². The molecule has 1 heteroatoms. The molecule has 12 aromatic rings. The van der Waals surface area contributed by atoms with Crippen molar-refractivity contribution in [2.45, 2.75) is 5.41 Å². The summed E-state index contributed by atoms with van der Waals surface area (Å²) >= 11 is 0. The van der Waals surface area contributed by atoms with Crippen molar-refractivity contribution in [2.75, 3.05) is 4.90 Å². The smallest absolute Gasteiger partial charge is 0.0714 e. The topological polar surface area (TPSA) is 3.24 Å². The first kappa shape index (κ1) is 42.8. The largest absolute Gasteiger partial charge is 0.309 e. The van der Waals surface area contributed by atoms with Crippen molar-refractivity contribution in [3.8, 4) is 66.8 Å². The van der Waals surface area contributed by atoms with Crippen molar-refractivity contribution in [3.05, 3.63) is 320 Å². The number of fused-ring (bicyclic) bond motifs is 4. The molecule has 0 N–H and O–H groups in total. The number of benzene rings is 12. The van der Waals surface area contributed by atoms with Gasteiger partial charge in [-0.15, -0.1) is 0 Å². The third-order valence-corrected chi connectivity index (χ3v) is 14.8. The summed E-state index contributed by atoms with van der Waals surface area (Å²) in [6, 6.07) is 109. The molecule has 338 valence electrons. The highest BCUT2D eigenvalue weighted by atomic mass is 15.1. The van der Waals surface area contributed by atoms with Gasteiger partial charge in [-0.3, -0.25) is 0 Å². The van der Waals surface area contributed by atoms with E-state index in [9.17, 15) is 0 Å². The fourth-order valence-corrected chi connectivity index (χ4v) is 11.6. The van der Waals surface area contributed by atoms with Crippen LogP contribution in [0.4, 0.5) is 17.1 Å². The van der Waals surface area contributed by atoms with Crippen LogP contribution in [0, 0.1) is 0 Å². The summed E-state index contributed by atoms with van der Waals surface area (Å²) in [4.78, 5) is 2.54. The number of hydrogen-bond acceptors (Lipinski definition) is 1. The van der Waals surface area contributed by atoms with Gasteiger partial charge in [0.15, 0.2) is 0 Å².